The largest absolute Gasteiger partial charge is 1.00 e. The molecule has 0 saturated carbocycles. The molecule has 0 aliphatic heterocycles. The van der Waals surface area contributed by atoms with Gasteiger partial charge >= 0.3 is 118 Å². The molecule has 104 valence electrons. The molecule has 0 rings (SSSR count). The topological polar surface area (TPSA) is 147 Å². The molecule has 0 unspecified atom stereocenters. The third-order valence-electron chi connectivity index (χ3n) is 2.49. The van der Waals surface area contributed by atoms with E-state index in [2.05, 4.69) is 0 Å². The molecule has 0 fully saturated rings. The summed E-state index contributed by atoms with van der Waals surface area (Å²) in [5, 5.41) is 5.58. The summed E-state index contributed by atoms with van der Waals surface area (Å²) in [6.45, 7) is 1.95. The van der Waals surface area contributed by atoms with Crippen molar-refractivity contribution < 1.29 is 152 Å². The molecule has 1 N–H and O–H groups in total. The van der Waals surface area contributed by atoms with Crippen LogP contribution < -0.4 is 138 Å². The third-order valence-corrected chi connectivity index (χ3v) is 6.16. The molecule has 0 aromatic heterocycles. The van der Waals surface area contributed by atoms with Gasteiger partial charge in [-0.1, -0.05) is 32.6 Å². The predicted molar refractivity (Wildman–Crippen MR) is 53.5 cm³/mol. The van der Waals surface area contributed by atoms with Crippen molar-refractivity contribution in [2.75, 3.05) is 0 Å². The maximum absolute atomic E-state index is 10.7. The molecule has 0 aromatic carbocycles. The average Bonchev–Trinajstić information content (AvgIpc) is 2.13. The van der Waals surface area contributed by atoms with Crippen LogP contribution in [0, 0.1) is 0 Å². The first-order valence-electron chi connectivity index (χ1n) is 5.33. The third kappa shape index (κ3) is 13.1. The fourth-order valence-corrected chi connectivity index (χ4v) is 3.45. The molecule has 0 radical (unpaired) electrons. The molecule has 0 amide bonds. The van der Waals surface area contributed by atoms with Gasteiger partial charge in [-0.25, -0.2) is 0 Å². The van der Waals surface area contributed by atoms with Gasteiger partial charge in [0.15, 0.2) is 0 Å². The number of hydrogen-bond acceptors (Lipinski definition) is 7. The molecule has 0 aliphatic carbocycles. The first-order chi connectivity index (χ1) is 7.56. The molecule has 0 atom stereocenters. The normalized spacial score (nSPS) is 11.3. The zero-order valence-electron chi connectivity index (χ0n) is 13.5. The number of aliphatic hydroxyl groups is 1. The van der Waals surface area contributed by atoms with E-state index in [1.54, 1.807) is 0 Å². The Morgan fingerprint density at radius 3 is 1.43 bits per heavy atom. The van der Waals surface area contributed by atoms with Crippen molar-refractivity contribution in [3.05, 3.63) is 0 Å². The van der Waals surface area contributed by atoms with Crippen molar-refractivity contribution in [3.8, 4) is 0 Å². The molecule has 0 bridgehead atoms. The first-order valence-corrected chi connectivity index (χ1v) is 8.41. The van der Waals surface area contributed by atoms with E-state index in [-0.39, 0.29) is 125 Å². The maximum Gasteiger partial charge on any atom is 1.00 e. The minimum atomic E-state index is -5.90. The van der Waals surface area contributed by atoms with Crippen LogP contribution in [-0.2, 0) is 9.13 Å². The Morgan fingerprint density at radius 1 is 0.810 bits per heavy atom. The van der Waals surface area contributed by atoms with Crippen molar-refractivity contribution in [1.82, 2.24) is 0 Å². The van der Waals surface area contributed by atoms with Gasteiger partial charge < -0.3 is 33.8 Å². The smallest absolute Gasteiger partial charge is 0.808 e. The summed E-state index contributed by atoms with van der Waals surface area (Å²) in [4.78, 5) is 42.7. The van der Waals surface area contributed by atoms with Crippen molar-refractivity contribution in [1.29, 1.82) is 0 Å². The zero-order valence-corrected chi connectivity index (χ0v) is 23.3. The zero-order chi connectivity index (χ0) is 13.7. The molecular formula is C8H16Na4O7P2. The van der Waals surface area contributed by atoms with Gasteiger partial charge in [0.2, 0.25) is 0 Å². The Balaban J connectivity index is -0.000000213. The van der Waals surface area contributed by atoms with Crippen LogP contribution in [0.2, 0.25) is 0 Å². The van der Waals surface area contributed by atoms with Gasteiger partial charge in [0.1, 0.15) is 5.08 Å². The van der Waals surface area contributed by atoms with E-state index >= 15 is 0 Å². The number of hydrogen-bond donors (Lipinski definition) is 1. The van der Waals surface area contributed by atoms with Crippen LogP contribution in [0.4, 0.5) is 0 Å². The summed E-state index contributed by atoms with van der Waals surface area (Å²) in [6, 6.07) is 0. The minimum absolute atomic E-state index is 0. The van der Waals surface area contributed by atoms with Gasteiger partial charge in [0, 0.05) is 0 Å². The Bertz CT molecular complexity index is 311. The molecular weight excluding hydrogens is 362 g/mol. The molecule has 0 aliphatic rings. The van der Waals surface area contributed by atoms with Crippen molar-refractivity contribution >= 4 is 15.2 Å². The van der Waals surface area contributed by atoms with E-state index in [1.165, 1.54) is 0 Å². The second-order valence-electron chi connectivity index (χ2n) is 3.93. The van der Waals surface area contributed by atoms with Gasteiger partial charge in [-0.05, 0) is 28.0 Å². The molecule has 21 heavy (non-hydrogen) atoms. The summed E-state index contributed by atoms with van der Waals surface area (Å²) in [5.74, 6) is 0. The van der Waals surface area contributed by atoms with Gasteiger partial charge in [0.05, 0.1) is 0 Å². The van der Waals surface area contributed by atoms with Crippen molar-refractivity contribution in [2.45, 2.75) is 50.5 Å². The first kappa shape index (κ1) is 36.2. The summed E-state index contributed by atoms with van der Waals surface area (Å²) in [7, 11) is -11.8. The molecule has 0 aromatic rings. The van der Waals surface area contributed by atoms with Crippen LogP contribution in [0.15, 0.2) is 0 Å². The van der Waals surface area contributed by atoms with E-state index in [1.807, 2.05) is 6.92 Å². The quantitative estimate of drug-likeness (QED) is 0.251. The van der Waals surface area contributed by atoms with Crippen LogP contribution in [0.5, 0.6) is 0 Å². The minimum Gasteiger partial charge on any atom is -0.808 e. The van der Waals surface area contributed by atoms with E-state index < -0.39 is 26.7 Å². The molecule has 0 saturated heterocycles. The molecule has 7 nitrogen and oxygen atoms in total. The Labute approximate surface area is 214 Å². The van der Waals surface area contributed by atoms with E-state index in [0.29, 0.717) is 6.42 Å². The Morgan fingerprint density at radius 2 is 1.14 bits per heavy atom. The SMILES string of the molecule is CCCCCCCC(O)(P(=O)([O-])[O-])P(=O)([O-])[O-].[Na+].[Na+].[Na+].[Na+]. The number of unbranched alkanes of at least 4 members (excludes halogenated alkanes) is 4. The van der Waals surface area contributed by atoms with E-state index in [9.17, 15) is 33.8 Å². The van der Waals surface area contributed by atoms with Gasteiger partial charge in [-0.3, -0.25) is 0 Å². The standard InChI is InChI=1S/C8H20O7P2.4Na/c1-2-3-4-5-6-7-8(9,16(10,11)12)17(13,14)15;;;;/h9H,2-7H2,1H3,(H2,10,11,12)(H2,13,14,15);;;;/q;4*+1/p-4. The van der Waals surface area contributed by atoms with Gasteiger partial charge in [-0.2, -0.15) is 0 Å². The predicted octanol–water partition coefficient (Wildman–Crippen LogP) is -13.2. The fourth-order valence-electron chi connectivity index (χ4n) is 1.39. The van der Waals surface area contributed by atoms with Crippen molar-refractivity contribution in [2.24, 2.45) is 0 Å². The fraction of sp³-hybridized carbons (Fsp3) is 1.00. The second kappa shape index (κ2) is 16.4. The summed E-state index contributed by atoms with van der Waals surface area (Å²) >= 11 is 0. The van der Waals surface area contributed by atoms with Crippen LogP contribution in [-0.4, -0.2) is 10.2 Å². The summed E-state index contributed by atoms with van der Waals surface area (Å²) < 4.78 is 21.3. The average molecular weight is 378 g/mol. The summed E-state index contributed by atoms with van der Waals surface area (Å²) in [6.07, 6.45) is 2.11. The Kier molecular flexibility index (Phi) is 28.3. The molecule has 13 heteroatoms. The monoisotopic (exact) mass is 378 g/mol. The van der Waals surface area contributed by atoms with Crippen molar-refractivity contribution in [3.63, 3.8) is 0 Å². The number of rotatable bonds is 8. The Hall–Kier alpha value is 4.26. The second-order valence-corrected chi connectivity index (χ2v) is 7.76. The molecule has 0 heterocycles. The van der Waals surface area contributed by atoms with Gasteiger partial charge in [0.25, 0.3) is 0 Å². The van der Waals surface area contributed by atoms with E-state index in [0.717, 1.165) is 19.3 Å². The molecule has 0 spiro atoms. The van der Waals surface area contributed by atoms with Gasteiger partial charge in [-0.15, -0.1) is 0 Å². The van der Waals surface area contributed by atoms with E-state index in [4.69, 9.17) is 0 Å². The maximum atomic E-state index is 10.7. The van der Waals surface area contributed by atoms with Crippen LogP contribution >= 0.6 is 15.2 Å². The summed E-state index contributed by atoms with van der Waals surface area (Å²) in [5.41, 5.74) is 0. The van der Waals surface area contributed by atoms with Crippen LogP contribution in [0.25, 0.3) is 0 Å². The van der Waals surface area contributed by atoms with Crippen LogP contribution in [0.1, 0.15) is 45.4 Å². The van der Waals surface area contributed by atoms with Crippen LogP contribution in [0.3, 0.4) is 0 Å².